The smallest absolute Gasteiger partial charge is 0.475 e. The number of aliphatic carboxylic acids is 1. The van der Waals surface area contributed by atoms with E-state index in [4.69, 9.17) is 9.90 Å². The Morgan fingerprint density at radius 1 is 1.09 bits per heavy atom. The second kappa shape index (κ2) is 12.0. The number of hydrogen-bond donors (Lipinski definition) is 2. The Balaban J connectivity index is 0.000000451. The molecule has 0 aliphatic heterocycles. The minimum atomic E-state index is -5.08. The molecule has 1 heterocycles. The van der Waals surface area contributed by atoms with E-state index in [0.717, 1.165) is 12.1 Å². The average Bonchev–Trinajstić information content (AvgIpc) is 2.77. The molecule has 0 unspecified atom stereocenters. The topological polar surface area (TPSA) is 79.3 Å². The summed E-state index contributed by atoms with van der Waals surface area (Å²) in [6.07, 6.45) is 6.12. The standard InChI is InChI=1S/C21H23FN2O.C2HF3O2/c22-19-9-5-4-8-18(19)20-12-10-17(14-23-20)11-13-21(25)24-15-16-6-2-1-3-7-16;3-2(4,5)1(6)7/h4-5,8-14,16H,1-3,6-7,15H2,(H,24,25);(H,6,7). The van der Waals surface area contributed by atoms with Crippen LogP contribution in [-0.2, 0) is 9.59 Å². The second-order valence-electron chi connectivity index (χ2n) is 7.34. The summed E-state index contributed by atoms with van der Waals surface area (Å²) < 4.78 is 45.5. The van der Waals surface area contributed by atoms with Crippen LogP contribution >= 0.6 is 0 Å². The molecule has 1 aliphatic carbocycles. The number of alkyl halides is 3. The lowest BCUT2D eigenvalue weighted by atomic mass is 9.89. The van der Waals surface area contributed by atoms with E-state index in [2.05, 4.69) is 10.3 Å². The van der Waals surface area contributed by atoms with Crippen molar-refractivity contribution < 1.29 is 32.3 Å². The summed E-state index contributed by atoms with van der Waals surface area (Å²) in [5.41, 5.74) is 1.87. The summed E-state index contributed by atoms with van der Waals surface area (Å²) in [5, 5.41) is 10.1. The second-order valence-corrected chi connectivity index (χ2v) is 7.34. The molecule has 1 fully saturated rings. The highest BCUT2D eigenvalue weighted by atomic mass is 19.4. The highest BCUT2D eigenvalue weighted by Gasteiger charge is 2.38. The summed E-state index contributed by atoms with van der Waals surface area (Å²) >= 11 is 0. The maximum absolute atomic E-state index is 13.8. The van der Waals surface area contributed by atoms with Crippen LogP contribution in [0.4, 0.5) is 17.6 Å². The number of nitrogens with one attached hydrogen (secondary N) is 1. The number of nitrogens with zero attached hydrogens (tertiary/aromatic N) is 1. The summed E-state index contributed by atoms with van der Waals surface area (Å²) in [7, 11) is 0. The third-order valence-corrected chi connectivity index (χ3v) is 4.90. The van der Waals surface area contributed by atoms with Crippen LogP contribution in [0.25, 0.3) is 17.3 Å². The maximum Gasteiger partial charge on any atom is 0.490 e. The quantitative estimate of drug-likeness (QED) is 0.481. The van der Waals surface area contributed by atoms with Gasteiger partial charge in [-0.1, -0.05) is 37.5 Å². The minimum absolute atomic E-state index is 0.0799. The maximum atomic E-state index is 13.8. The normalized spacial score (nSPS) is 14.5. The number of benzene rings is 1. The highest BCUT2D eigenvalue weighted by Crippen LogP contribution is 2.23. The molecule has 0 saturated heterocycles. The Morgan fingerprint density at radius 3 is 2.31 bits per heavy atom. The molecule has 2 aromatic rings. The molecule has 0 radical (unpaired) electrons. The number of carbonyl (C=O) groups excluding carboxylic acids is 1. The van der Waals surface area contributed by atoms with E-state index >= 15 is 0 Å². The van der Waals surface area contributed by atoms with Gasteiger partial charge in [0, 0.05) is 24.4 Å². The average molecular weight is 452 g/mol. The molecule has 1 amide bonds. The molecule has 0 atom stereocenters. The van der Waals surface area contributed by atoms with Crippen LogP contribution in [0.1, 0.15) is 37.7 Å². The fourth-order valence-corrected chi connectivity index (χ4v) is 3.20. The van der Waals surface area contributed by atoms with Crippen molar-refractivity contribution in [2.75, 3.05) is 6.54 Å². The predicted molar refractivity (Wildman–Crippen MR) is 112 cm³/mol. The highest BCUT2D eigenvalue weighted by molar-refractivity contribution is 5.91. The van der Waals surface area contributed by atoms with Gasteiger partial charge in [-0.25, -0.2) is 9.18 Å². The first kappa shape index (κ1) is 25.0. The van der Waals surface area contributed by atoms with Gasteiger partial charge in [-0.05, 0) is 48.6 Å². The van der Waals surface area contributed by atoms with Gasteiger partial charge in [0.2, 0.25) is 5.91 Å². The SMILES string of the molecule is O=C(C=Cc1ccc(-c2ccccc2F)nc1)NCC1CCCCC1.O=C(O)C(F)(F)F. The molecule has 1 aromatic carbocycles. The third kappa shape index (κ3) is 8.49. The Labute approximate surface area is 183 Å². The Morgan fingerprint density at radius 2 is 1.75 bits per heavy atom. The van der Waals surface area contributed by atoms with Crippen LogP contribution in [-0.4, -0.2) is 34.7 Å². The lowest BCUT2D eigenvalue weighted by Crippen LogP contribution is -2.28. The minimum Gasteiger partial charge on any atom is -0.475 e. The van der Waals surface area contributed by atoms with E-state index in [-0.39, 0.29) is 11.7 Å². The zero-order valence-electron chi connectivity index (χ0n) is 17.2. The summed E-state index contributed by atoms with van der Waals surface area (Å²) in [4.78, 5) is 25.1. The number of carboxylic acid groups (broad SMARTS) is 1. The van der Waals surface area contributed by atoms with E-state index in [1.165, 1.54) is 44.2 Å². The van der Waals surface area contributed by atoms with Crippen LogP contribution in [0.5, 0.6) is 0 Å². The Bertz CT molecular complexity index is 922. The fraction of sp³-hybridized carbons (Fsp3) is 0.348. The van der Waals surface area contributed by atoms with Crippen molar-refractivity contribution in [3.05, 3.63) is 60.1 Å². The lowest BCUT2D eigenvalue weighted by Gasteiger charge is -2.21. The van der Waals surface area contributed by atoms with Gasteiger partial charge in [0.05, 0.1) is 5.69 Å². The van der Waals surface area contributed by atoms with Crippen LogP contribution in [0.3, 0.4) is 0 Å². The largest absolute Gasteiger partial charge is 0.490 e. The van der Waals surface area contributed by atoms with E-state index in [1.54, 1.807) is 36.5 Å². The molecule has 5 nitrogen and oxygen atoms in total. The number of amides is 1. The van der Waals surface area contributed by atoms with E-state index < -0.39 is 12.1 Å². The zero-order valence-corrected chi connectivity index (χ0v) is 17.2. The van der Waals surface area contributed by atoms with Crippen LogP contribution in [0, 0.1) is 11.7 Å². The van der Waals surface area contributed by atoms with E-state index in [1.807, 2.05) is 6.07 Å². The molecular weight excluding hydrogens is 428 g/mol. The van der Waals surface area contributed by atoms with Crippen molar-refractivity contribution in [3.8, 4) is 11.3 Å². The monoisotopic (exact) mass is 452 g/mol. The molecule has 172 valence electrons. The molecule has 32 heavy (non-hydrogen) atoms. The summed E-state index contributed by atoms with van der Waals surface area (Å²) in [5.74, 6) is -2.51. The number of carbonyl (C=O) groups is 2. The van der Waals surface area contributed by atoms with Crippen molar-refractivity contribution in [2.24, 2.45) is 5.92 Å². The number of rotatable bonds is 5. The predicted octanol–water partition coefficient (Wildman–Crippen LogP) is 5.23. The first-order valence-corrected chi connectivity index (χ1v) is 10.1. The first-order chi connectivity index (χ1) is 15.2. The molecule has 1 aliphatic rings. The number of pyridine rings is 1. The molecule has 2 N–H and O–H groups in total. The van der Waals surface area contributed by atoms with Crippen molar-refractivity contribution in [1.29, 1.82) is 0 Å². The van der Waals surface area contributed by atoms with Crippen molar-refractivity contribution in [1.82, 2.24) is 10.3 Å². The third-order valence-electron chi connectivity index (χ3n) is 4.90. The summed E-state index contributed by atoms with van der Waals surface area (Å²) in [6, 6.07) is 10.2. The summed E-state index contributed by atoms with van der Waals surface area (Å²) in [6.45, 7) is 0.758. The van der Waals surface area contributed by atoms with E-state index in [9.17, 15) is 22.4 Å². The number of hydrogen-bond acceptors (Lipinski definition) is 3. The fourth-order valence-electron chi connectivity index (χ4n) is 3.20. The van der Waals surface area contributed by atoms with Gasteiger partial charge in [0.1, 0.15) is 5.82 Å². The van der Waals surface area contributed by atoms with Gasteiger partial charge in [-0.3, -0.25) is 9.78 Å². The van der Waals surface area contributed by atoms with Crippen molar-refractivity contribution >= 4 is 18.0 Å². The lowest BCUT2D eigenvalue weighted by molar-refractivity contribution is -0.192. The van der Waals surface area contributed by atoms with Gasteiger partial charge >= 0.3 is 12.1 Å². The molecule has 1 aromatic heterocycles. The Hall–Kier alpha value is -3.23. The molecule has 0 spiro atoms. The van der Waals surface area contributed by atoms with Crippen LogP contribution in [0.2, 0.25) is 0 Å². The Kier molecular flexibility index (Phi) is 9.37. The number of aromatic nitrogens is 1. The van der Waals surface area contributed by atoms with Crippen molar-refractivity contribution in [3.63, 3.8) is 0 Å². The van der Waals surface area contributed by atoms with Gasteiger partial charge in [0.25, 0.3) is 0 Å². The number of carboxylic acids is 1. The molecule has 0 bridgehead atoms. The molecule has 9 heteroatoms. The van der Waals surface area contributed by atoms with Gasteiger partial charge in [-0.15, -0.1) is 0 Å². The van der Waals surface area contributed by atoms with Crippen LogP contribution in [0.15, 0.2) is 48.7 Å². The molecular formula is C23H24F4N2O3. The first-order valence-electron chi connectivity index (χ1n) is 10.1. The zero-order chi connectivity index (χ0) is 23.6. The molecule has 3 rings (SSSR count). The van der Waals surface area contributed by atoms with E-state index in [0.29, 0.717) is 17.2 Å². The molecule has 1 saturated carbocycles. The van der Waals surface area contributed by atoms with Crippen molar-refractivity contribution in [2.45, 2.75) is 38.3 Å². The number of halogens is 4. The van der Waals surface area contributed by atoms with Gasteiger partial charge in [-0.2, -0.15) is 13.2 Å². The van der Waals surface area contributed by atoms with Gasteiger partial charge < -0.3 is 10.4 Å². The van der Waals surface area contributed by atoms with Gasteiger partial charge in [0.15, 0.2) is 0 Å². The van der Waals surface area contributed by atoms with Crippen LogP contribution < -0.4 is 5.32 Å².